The van der Waals surface area contributed by atoms with E-state index >= 15 is 0 Å². The molecule has 3 fully saturated rings. The number of urea groups is 1. The first-order valence-corrected chi connectivity index (χ1v) is 12.5. The van der Waals surface area contributed by atoms with E-state index in [9.17, 15) is 9.59 Å². The molecule has 1 aromatic carbocycles. The molecule has 3 atom stereocenters. The molecule has 5 rings (SSSR count). The van der Waals surface area contributed by atoms with Crippen LogP contribution < -0.4 is 0 Å². The molecule has 3 amide bonds. The Morgan fingerprint density at radius 3 is 2.52 bits per heavy atom. The molecule has 7 nitrogen and oxygen atoms in total. The predicted molar refractivity (Wildman–Crippen MR) is 125 cm³/mol. The Kier molecular flexibility index (Phi) is 5.98. The van der Waals surface area contributed by atoms with Crippen molar-refractivity contribution < 1.29 is 19.1 Å². The highest BCUT2D eigenvalue weighted by Crippen LogP contribution is 2.40. The predicted octanol–water partition coefficient (Wildman–Crippen LogP) is 4.75. The number of nitrogens with zero attached hydrogens (tertiary/aromatic N) is 3. The number of benzene rings is 1. The van der Waals surface area contributed by atoms with E-state index in [1.165, 1.54) is 5.56 Å². The highest BCUT2D eigenvalue weighted by molar-refractivity contribution is 6.30. The summed E-state index contributed by atoms with van der Waals surface area (Å²) in [6.07, 6.45) is 4.32. The average Bonchev–Trinajstić information content (AvgIpc) is 3.33. The van der Waals surface area contributed by atoms with Crippen molar-refractivity contribution in [3.8, 4) is 0 Å². The van der Waals surface area contributed by atoms with Crippen LogP contribution in [0, 0.1) is 0 Å². The Bertz CT molecular complexity index is 930. The first-order valence-electron chi connectivity index (χ1n) is 12.2. The van der Waals surface area contributed by atoms with Crippen LogP contribution in [0.1, 0.15) is 69.2 Å². The van der Waals surface area contributed by atoms with Crippen molar-refractivity contribution in [3.63, 3.8) is 0 Å². The summed E-state index contributed by atoms with van der Waals surface area (Å²) in [7, 11) is 0. The normalized spacial score (nSPS) is 27.0. The molecule has 0 spiro atoms. The first-order chi connectivity index (χ1) is 15.7. The second-order valence-electron chi connectivity index (χ2n) is 10.7. The van der Waals surface area contributed by atoms with Crippen molar-refractivity contribution in [1.82, 2.24) is 14.7 Å². The molecule has 3 saturated heterocycles. The minimum Gasteiger partial charge on any atom is -0.444 e. The van der Waals surface area contributed by atoms with Crippen molar-refractivity contribution in [1.29, 1.82) is 0 Å². The van der Waals surface area contributed by atoms with E-state index in [0.717, 1.165) is 43.2 Å². The average molecular weight is 476 g/mol. The Morgan fingerprint density at radius 2 is 1.82 bits per heavy atom. The van der Waals surface area contributed by atoms with Gasteiger partial charge in [-0.25, -0.2) is 9.59 Å². The molecule has 4 heterocycles. The van der Waals surface area contributed by atoms with E-state index in [0.29, 0.717) is 37.9 Å². The molecule has 0 N–H and O–H groups in total. The number of hydrogen-bond donors (Lipinski definition) is 0. The fourth-order valence-corrected chi connectivity index (χ4v) is 6.10. The lowest BCUT2D eigenvalue weighted by molar-refractivity contribution is -0.00299. The summed E-state index contributed by atoms with van der Waals surface area (Å²) in [4.78, 5) is 32.4. The van der Waals surface area contributed by atoms with Gasteiger partial charge in [0.25, 0.3) is 0 Å². The Hall–Kier alpha value is -1.99. The zero-order chi connectivity index (χ0) is 23.3. The number of likely N-dealkylation sites (tertiary alicyclic amines) is 1. The number of rotatable bonds is 1. The molecule has 33 heavy (non-hydrogen) atoms. The summed E-state index contributed by atoms with van der Waals surface area (Å²) in [5.74, 6) is 0. The molecule has 0 aliphatic carbocycles. The van der Waals surface area contributed by atoms with Crippen molar-refractivity contribution >= 4 is 23.7 Å². The minimum absolute atomic E-state index is 0.0816. The van der Waals surface area contributed by atoms with Crippen LogP contribution in [-0.4, -0.2) is 70.8 Å². The molecule has 0 radical (unpaired) electrons. The molecule has 180 valence electrons. The monoisotopic (exact) mass is 475 g/mol. The lowest BCUT2D eigenvalue weighted by atomic mass is 9.90. The maximum absolute atomic E-state index is 13.5. The number of ether oxygens (including phenoxy) is 2. The van der Waals surface area contributed by atoms with Crippen LogP contribution >= 0.6 is 11.6 Å². The van der Waals surface area contributed by atoms with Gasteiger partial charge in [0.05, 0.1) is 31.3 Å². The fraction of sp³-hybridized carbons (Fsp3) is 0.680. The lowest BCUT2D eigenvalue weighted by Gasteiger charge is -2.40. The van der Waals surface area contributed by atoms with E-state index < -0.39 is 5.60 Å². The molecule has 2 unspecified atom stereocenters. The SMILES string of the molecule is CC(C)(C)OC(=O)N1CCC[C@H]1c1cc(Cl)cc2c1CN(C(=O)N1C3CCC1COC3)CC2. The van der Waals surface area contributed by atoms with Gasteiger partial charge >= 0.3 is 12.1 Å². The molecule has 0 saturated carbocycles. The fourth-order valence-electron chi connectivity index (χ4n) is 5.85. The van der Waals surface area contributed by atoms with Gasteiger partial charge in [0.1, 0.15) is 5.60 Å². The van der Waals surface area contributed by atoms with Crippen molar-refractivity contribution in [3.05, 3.63) is 33.8 Å². The van der Waals surface area contributed by atoms with Crippen molar-refractivity contribution in [2.45, 2.75) is 83.1 Å². The van der Waals surface area contributed by atoms with E-state index in [-0.39, 0.29) is 30.2 Å². The molecule has 4 aliphatic heterocycles. The molecule has 8 heteroatoms. The zero-order valence-corrected chi connectivity index (χ0v) is 20.6. The second kappa shape index (κ2) is 8.66. The lowest BCUT2D eigenvalue weighted by Crippen LogP contribution is -2.55. The van der Waals surface area contributed by atoms with Crippen molar-refractivity contribution in [2.75, 3.05) is 26.3 Å². The second-order valence-corrected chi connectivity index (χ2v) is 11.2. The summed E-state index contributed by atoms with van der Waals surface area (Å²) in [5.41, 5.74) is 2.84. The summed E-state index contributed by atoms with van der Waals surface area (Å²) < 4.78 is 11.4. The highest BCUT2D eigenvalue weighted by atomic mass is 35.5. The minimum atomic E-state index is -0.543. The summed E-state index contributed by atoms with van der Waals surface area (Å²) in [6, 6.07) is 4.43. The third-order valence-corrected chi connectivity index (χ3v) is 7.53. The number of halogens is 1. The third-order valence-electron chi connectivity index (χ3n) is 7.31. The Balaban J connectivity index is 1.41. The molecule has 2 bridgehead atoms. The van der Waals surface area contributed by atoms with E-state index in [2.05, 4.69) is 4.90 Å². The van der Waals surface area contributed by atoms with E-state index in [4.69, 9.17) is 21.1 Å². The molecule has 0 aromatic heterocycles. The summed E-state index contributed by atoms with van der Waals surface area (Å²) in [5, 5.41) is 0.686. The van der Waals surface area contributed by atoms with Gasteiger partial charge in [-0.1, -0.05) is 11.6 Å². The van der Waals surface area contributed by atoms with Crippen LogP contribution in [-0.2, 0) is 22.4 Å². The van der Waals surface area contributed by atoms with Gasteiger partial charge in [-0.3, -0.25) is 0 Å². The van der Waals surface area contributed by atoms with Gasteiger partial charge in [0, 0.05) is 24.7 Å². The summed E-state index contributed by atoms with van der Waals surface area (Å²) >= 11 is 6.52. The quantitative estimate of drug-likeness (QED) is 0.587. The van der Waals surface area contributed by atoms with E-state index in [1.807, 2.05) is 42.7 Å². The molecule has 1 aromatic rings. The standard InChI is InChI=1S/C25H34ClN3O4/c1-25(2,3)33-24(31)28-9-4-5-22(28)20-12-17(26)11-16-8-10-27(13-21(16)20)23(30)29-18-6-7-19(29)15-32-14-18/h11-12,18-19,22H,4-10,13-15H2,1-3H3/t18?,19?,22-/m0/s1. The maximum Gasteiger partial charge on any atom is 0.410 e. The largest absolute Gasteiger partial charge is 0.444 e. The van der Waals surface area contributed by atoms with Crippen molar-refractivity contribution in [2.24, 2.45) is 0 Å². The number of amides is 3. The number of carbonyl (C=O) groups is 2. The van der Waals surface area contributed by atoms with Gasteiger partial charge in [-0.15, -0.1) is 0 Å². The molecular formula is C25H34ClN3O4. The van der Waals surface area contributed by atoms with Gasteiger partial charge in [-0.2, -0.15) is 0 Å². The summed E-state index contributed by atoms with van der Waals surface area (Å²) in [6.45, 7) is 8.85. The van der Waals surface area contributed by atoms with Gasteiger partial charge in [0.15, 0.2) is 0 Å². The smallest absolute Gasteiger partial charge is 0.410 e. The number of morpholine rings is 1. The van der Waals surface area contributed by atoms with Gasteiger partial charge < -0.3 is 24.2 Å². The van der Waals surface area contributed by atoms with Gasteiger partial charge in [-0.05, 0) is 81.7 Å². The zero-order valence-electron chi connectivity index (χ0n) is 19.8. The van der Waals surface area contributed by atoms with E-state index in [1.54, 1.807) is 0 Å². The van der Waals surface area contributed by atoms with Crippen LogP contribution in [0.3, 0.4) is 0 Å². The van der Waals surface area contributed by atoms with Crippen LogP contribution in [0.4, 0.5) is 9.59 Å². The highest BCUT2D eigenvalue weighted by Gasteiger charge is 2.43. The molecular weight excluding hydrogens is 442 g/mol. The topological polar surface area (TPSA) is 62.3 Å². The Morgan fingerprint density at radius 1 is 1.09 bits per heavy atom. The van der Waals surface area contributed by atoms with Crippen LogP contribution in [0.25, 0.3) is 0 Å². The van der Waals surface area contributed by atoms with Crippen LogP contribution in [0.5, 0.6) is 0 Å². The maximum atomic E-state index is 13.5. The van der Waals surface area contributed by atoms with Gasteiger partial charge in [0.2, 0.25) is 0 Å². The third kappa shape index (κ3) is 4.42. The van der Waals surface area contributed by atoms with Crippen LogP contribution in [0.15, 0.2) is 12.1 Å². The Labute approximate surface area is 200 Å². The number of carbonyl (C=O) groups excluding carboxylic acids is 2. The first kappa shape index (κ1) is 22.8. The molecule has 4 aliphatic rings. The number of fused-ring (bicyclic) bond motifs is 3. The number of hydrogen-bond acceptors (Lipinski definition) is 4. The van der Waals surface area contributed by atoms with Crippen LogP contribution in [0.2, 0.25) is 5.02 Å².